The van der Waals surface area contributed by atoms with E-state index >= 15 is 0 Å². The molecule has 1 heterocycles. The molecule has 1 aromatic heterocycles. The Morgan fingerprint density at radius 3 is 2.85 bits per heavy atom. The summed E-state index contributed by atoms with van der Waals surface area (Å²) >= 11 is 5.19. The van der Waals surface area contributed by atoms with E-state index in [-0.39, 0.29) is 0 Å². The summed E-state index contributed by atoms with van der Waals surface area (Å²) in [5, 5.41) is 4.17. The highest BCUT2D eigenvalue weighted by molar-refractivity contribution is 9.10. The number of aryl methyl sites for hydroxylation is 1. The third kappa shape index (κ3) is 4.11. The van der Waals surface area contributed by atoms with Crippen molar-refractivity contribution in [1.29, 1.82) is 0 Å². The first kappa shape index (κ1) is 15.6. The second kappa shape index (κ2) is 7.29. The molecule has 0 radical (unpaired) electrons. The van der Waals surface area contributed by atoms with Crippen LogP contribution in [0.1, 0.15) is 37.6 Å². The Kier molecular flexibility index (Phi) is 5.69. The monoisotopic (exact) mass is 354 g/mol. The topological polar surface area (TPSA) is 38.1 Å². The molecule has 5 heteroatoms. The summed E-state index contributed by atoms with van der Waals surface area (Å²) in [4.78, 5) is 5.42. The highest BCUT2D eigenvalue weighted by atomic mass is 79.9. The molecular formula is C15H19BrN2OS. The van der Waals surface area contributed by atoms with Gasteiger partial charge in [-0.1, -0.05) is 28.9 Å². The van der Waals surface area contributed by atoms with Crippen LogP contribution in [0.15, 0.2) is 43.5 Å². The molecule has 0 spiro atoms. The fraction of sp³-hybridized carbons (Fsp3) is 0.400. The van der Waals surface area contributed by atoms with Gasteiger partial charge in [0.25, 0.3) is 5.22 Å². The standard InChI is InChI=1S/C15H19BrN2OS/c1-4-7-17-11(3)13-6-5-12(8-14(13)16)20-15-18-10(2)9-19-15/h5-6,8-9,11,17H,4,7H2,1-3H3. The lowest BCUT2D eigenvalue weighted by Gasteiger charge is -2.15. The number of rotatable bonds is 6. The average molecular weight is 355 g/mol. The van der Waals surface area contributed by atoms with Crippen molar-refractivity contribution >= 4 is 27.7 Å². The van der Waals surface area contributed by atoms with Crippen LogP contribution >= 0.6 is 27.7 Å². The Bertz CT molecular complexity index is 571. The number of nitrogens with one attached hydrogen (secondary N) is 1. The van der Waals surface area contributed by atoms with Crippen LogP contribution in [0.2, 0.25) is 0 Å². The number of aromatic nitrogens is 1. The predicted molar refractivity (Wildman–Crippen MR) is 86.2 cm³/mol. The molecular weight excluding hydrogens is 336 g/mol. The molecule has 3 nitrogen and oxygen atoms in total. The number of oxazole rings is 1. The van der Waals surface area contributed by atoms with Gasteiger partial charge in [0, 0.05) is 15.4 Å². The van der Waals surface area contributed by atoms with Crippen molar-refractivity contribution in [1.82, 2.24) is 10.3 Å². The predicted octanol–water partition coefficient (Wildman–Crippen LogP) is 4.96. The molecule has 2 rings (SSSR count). The van der Waals surface area contributed by atoms with Gasteiger partial charge in [-0.3, -0.25) is 0 Å². The fourth-order valence-corrected chi connectivity index (χ4v) is 3.55. The number of hydrogen-bond donors (Lipinski definition) is 1. The lowest BCUT2D eigenvalue weighted by atomic mass is 10.1. The van der Waals surface area contributed by atoms with Crippen molar-refractivity contribution in [2.45, 2.75) is 43.4 Å². The molecule has 0 bridgehead atoms. The van der Waals surface area contributed by atoms with Crippen molar-refractivity contribution in [2.75, 3.05) is 6.54 Å². The molecule has 20 heavy (non-hydrogen) atoms. The number of nitrogens with zero attached hydrogens (tertiary/aromatic N) is 1. The molecule has 0 aliphatic carbocycles. The third-order valence-electron chi connectivity index (χ3n) is 2.94. The molecule has 0 aliphatic heterocycles. The quantitative estimate of drug-likeness (QED) is 0.795. The van der Waals surface area contributed by atoms with Crippen LogP contribution in [0.3, 0.4) is 0 Å². The second-order valence-corrected chi connectivity index (χ2v) is 6.60. The maximum absolute atomic E-state index is 5.36. The van der Waals surface area contributed by atoms with E-state index in [0.717, 1.165) is 28.0 Å². The molecule has 0 fully saturated rings. The van der Waals surface area contributed by atoms with Crippen LogP contribution < -0.4 is 5.32 Å². The van der Waals surface area contributed by atoms with Crippen LogP contribution in [0.4, 0.5) is 0 Å². The Balaban J connectivity index is 2.09. The molecule has 1 N–H and O–H groups in total. The highest BCUT2D eigenvalue weighted by Crippen LogP contribution is 2.32. The average Bonchev–Trinajstić information content (AvgIpc) is 2.81. The van der Waals surface area contributed by atoms with Gasteiger partial charge in [-0.05, 0) is 56.3 Å². The lowest BCUT2D eigenvalue weighted by Crippen LogP contribution is -2.19. The van der Waals surface area contributed by atoms with E-state index in [1.807, 2.05) is 6.92 Å². The Hall–Kier alpha value is -0.780. The van der Waals surface area contributed by atoms with Crippen LogP contribution in [0.25, 0.3) is 0 Å². The second-order valence-electron chi connectivity index (χ2n) is 4.72. The summed E-state index contributed by atoms with van der Waals surface area (Å²) in [6, 6.07) is 6.71. The van der Waals surface area contributed by atoms with E-state index in [1.54, 1.807) is 6.26 Å². The van der Waals surface area contributed by atoms with Crippen LogP contribution in [0, 0.1) is 6.92 Å². The van der Waals surface area contributed by atoms with Crippen molar-refractivity contribution < 1.29 is 4.42 Å². The SMILES string of the molecule is CCCNC(C)c1ccc(Sc2nc(C)co2)cc1Br. The van der Waals surface area contributed by atoms with Gasteiger partial charge < -0.3 is 9.73 Å². The lowest BCUT2D eigenvalue weighted by molar-refractivity contribution is 0.454. The summed E-state index contributed by atoms with van der Waals surface area (Å²) in [6.45, 7) is 7.31. The number of hydrogen-bond acceptors (Lipinski definition) is 4. The van der Waals surface area contributed by atoms with E-state index in [4.69, 9.17) is 4.42 Å². The Morgan fingerprint density at radius 2 is 2.25 bits per heavy atom. The van der Waals surface area contributed by atoms with Gasteiger partial charge in [-0.15, -0.1) is 0 Å². The van der Waals surface area contributed by atoms with Crippen LogP contribution in [-0.4, -0.2) is 11.5 Å². The van der Waals surface area contributed by atoms with E-state index in [1.165, 1.54) is 17.3 Å². The molecule has 0 saturated carbocycles. The smallest absolute Gasteiger partial charge is 0.260 e. The molecule has 108 valence electrons. The molecule has 0 saturated heterocycles. The summed E-state index contributed by atoms with van der Waals surface area (Å²) in [7, 11) is 0. The van der Waals surface area contributed by atoms with Crippen molar-refractivity contribution in [2.24, 2.45) is 0 Å². The Morgan fingerprint density at radius 1 is 1.45 bits per heavy atom. The van der Waals surface area contributed by atoms with Gasteiger partial charge in [0.1, 0.15) is 6.26 Å². The zero-order chi connectivity index (χ0) is 14.5. The van der Waals surface area contributed by atoms with Crippen LogP contribution in [-0.2, 0) is 0 Å². The normalized spacial score (nSPS) is 12.6. The fourth-order valence-electron chi connectivity index (χ4n) is 1.87. The highest BCUT2D eigenvalue weighted by Gasteiger charge is 2.11. The van der Waals surface area contributed by atoms with Crippen molar-refractivity contribution in [3.63, 3.8) is 0 Å². The zero-order valence-electron chi connectivity index (χ0n) is 11.9. The van der Waals surface area contributed by atoms with Gasteiger partial charge in [0.05, 0.1) is 5.69 Å². The summed E-state index contributed by atoms with van der Waals surface area (Å²) in [5.41, 5.74) is 2.17. The van der Waals surface area contributed by atoms with Crippen molar-refractivity contribution in [3.05, 3.63) is 40.2 Å². The minimum atomic E-state index is 0.340. The molecule has 0 amide bonds. The van der Waals surface area contributed by atoms with Gasteiger partial charge in [0.15, 0.2) is 0 Å². The molecule has 2 aromatic rings. The maximum atomic E-state index is 5.36. The van der Waals surface area contributed by atoms with E-state index in [2.05, 4.69) is 58.3 Å². The minimum Gasteiger partial charge on any atom is -0.439 e. The third-order valence-corrected chi connectivity index (χ3v) is 4.48. The molecule has 1 aromatic carbocycles. The van der Waals surface area contributed by atoms with Gasteiger partial charge in [-0.25, -0.2) is 4.98 Å². The van der Waals surface area contributed by atoms with Gasteiger partial charge in [0.2, 0.25) is 0 Å². The number of halogens is 1. The van der Waals surface area contributed by atoms with Gasteiger partial charge >= 0.3 is 0 Å². The van der Waals surface area contributed by atoms with Crippen LogP contribution in [0.5, 0.6) is 0 Å². The Labute approximate surface area is 132 Å². The first-order valence-electron chi connectivity index (χ1n) is 6.73. The molecule has 0 aliphatic rings. The molecule has 1 unspecified atom stereocenters. The summed E-state index contributed by atoms with van der Waals surface area (Å²) < 4.78 is 6.48. The maximum Gasteiger partial charge on any atom is 0.260 e. The summed E-state index contributed by atoms with van der Waals surface area (Å²) in [6.07, 6.45) is 2.81. The van der Waals surface area contributed by atoms with Gasteiger partial charge in [-0.2, -0.15) is 0 Å². The van der Waals surface area contributed by atoms with E-state index in [0.29, 0.717) is 11.3 Å². The number of benzene rings is 1. The zero-order valence-corrected chi connectivity index (χ0v) is 14.3. The minimum absolute atomic E-state index is 0.340. The van der Waals surface area contributed by atoms with E-state index in [9.17, 15) is 0 Å². The largest absolute Gasteiger partial charge is 0.439 e. The summed E-state index contributed by atoms with van der Waals surface area (Å²) in [5.74, 6) is 0. The first-order valence-corrected chi connectivity index (χ1v) is 8.34. The van der Waals surface area contributed by atoms with Crippen molar-refractivity contribution in [3.8, 4) is 0 Å². The first-order chi connectivity index (χ1) is 9.60. The van der Waals surface area contributed by atoms with E-state index < -0.39 is 0 Å². The molecule has 1 atom stereocenters.